The summed E-state index contributed by atoms with van der Waals surface area (Å²) in [5.41, 5.74) is 0.435. The predicted molar refractivity (Wildman–Crippen MR) is 153 cm³/mol. The van der Waals surface area contributed by atoms with Crippen LogP contribution in [0.3, 0.4) is 0 Å². The molecule has 3 aromatic rings. The van der Waals surface area contributed by atoms with Gasteiger partial charge in [-0.05, 0) is 42.8 Å². The molecule has 0 aliphatic rings. The summed E-state index contributed by atoms with van der Waals surface area (Å²) >= 11 is 25.4. The molecule has 0 saturated heterocycles. The van der Waals surface area contributed by atoms with E-state index in [0.29, 0.717) is 15.6 Å². The number of benzene rings is 3. The van der Waals surface area contributed by atoms with E-state index < -0.39 is 34.4 Å². The van der Waals surface area contributed by atoms with E-state index in [4.69, 9.17) is 46.4 Å². The number of halogens is 4. The SMILES string of the molecule is CC[C@@H](C(=O)NC)N(Cc1c(Cl)cccc1Cl)C(=O)CN(c1cccc(Cl)c1Cl)S(=O)(=O)c1ccccc1. The van der Waals surface area contributed by atoms with Crippen molar-refractivity contribution < 1.29 is 18.0 Å². The second-order valence-corrected chi connectivity index (χ2v) is 11.6. The molecule has 0 spiro atoms. The van der Waals surface area contributed by atoms with Crippen LogP contribution in [-0.2, 0) is 26.2 Å². The molecule has 2 amide bonds. The van der Waals surface area contributed by atoms with Gasteiger partial charge < -0.3 is 10.2 Å². The smallest absolute Gasteiger partial charge is 0.264 e. The van der Waals surface area contributed by atoms with Gasteiger partial charge in [0.05, 0.1) is 20.6 Å². The van der Waals surface area contributed by atoms with Gasteiger partial charge in [0.25, 0.3) is 10.0 Å². The summed E-state index contributed by atoms with van der Waals surface area (Å²) in [6, 6.07) is 16.1. The van der Waals surface area contributed by atoms with Crippen LogP contribution in [0.2, 0.25) is 20.1 Å². The summed E-state index contributed by atoms with van der Waals surface area (Å²) < 4.78 is 28.5. The van der Waals surface area contributed by atoms with E-state index in [1.54, 1.807) is 43.3 Å². The first-order valence-electron chi connectivity index (χ1n) is 11.5. The Hall–Kier alpha value is -2.49. The summed E-state index contributed by atoms with van der Waals surface area (Å²) in [5, 5.41) is 3.23. The van der Waals surface area contributed by atoms with Crippen molar-refractivity contribution >= 4 is 73.9 Å². The Morgan fingerprint density at radius 3 is 2.03 bits per heavy atom. The van der Waals surface area contributed by atoms with Crippen molar-refractivity contribution in [3.05, 3.63) is 92.4 Å². The van der Waals surface area contributed by atoms with Gasteiger partial charge in [-0.1, -0.05) is 83.7 Å². The average molecular weight is 617 g/mol. The molecule has 1 N–H and O–H groups in total. The van der Waals surface area contributed by atoms with Crippen molar-refractivity contribution in [1.82, 2.24) is 10.2 Å². The van der Waals surface area contributed by atoms with Crippen molar-refractivity contribution in [3.8, 4) is 0 Å². The number of anilines is 1. The molecule has 1 atom stereocenters. The lowest BCUT2D eigenvalue weighted by Crippen LogP contribution is -2.51. The second kappa shape index (κ2) is 13.0. The summed E-state index contributed by atoms with van der Waals surface area (Å²) in [5.74, 6) is -1.10. The second-order valence-electron chi connectivity index (χ2n) is 8.16. The molecule has 0 aromatic heterocycles. The van der Waals surface area contributed by atoms with Crippen molar-refractivity contribution in [1.29, 1.82) is 0 Å². The molecule has 0 fully saturated rings. The molecule has 3 aromatic carbocycles. The number of carbonyl (C=O) groups excluding carboxylic acids is 2. The maximum absolute atomic E-state index is 13.9. The molecule has 0 heterocycles. The first-order chi connectivity index (χ1) is 18.0. The fraction of sp³-hybridized carbons (Fsp3) is 0.231. The number of rotatable bonds is 10. The third-order valence-corrected chi connectivity index (χ3v) is 9.12. The van der Waals surface area contributed by atoms with E-state index in [1.165, 1.54) is 42.3 Å². The van der Waals surface area contributed by atoms with Crippen LogP contribution < -0.4 is 9.62 Å². The van der Waals surface area contributed by atoms with Crippen LogP contribution in [0.4, 0.5) is 5.69 Å². The zero-order valence-corrected chi connectivity index (χ0v) is 24.3. The molecule has 0 bridgehead atoms. The summed E-state index contributed by atoms with van der Waals surface area (Å²) in [4.78, 5) is 27.9. The highest BCUT2D eigenvalue weighted by atomic mass is 35.5. The van der Waals surface area contributed by atoms with Crippen LogP contribution >= 0.6 is 46.4 Å². The van der Waals surface area contributed by atoms with Gasteiger partial charge in [0.15, 0.2) is 0 Å². The van der Waals surface area contributed by atoms with E-state index in [9.17, 15) is 18.0 Å². The lowest BCUT2D eigenvalue weighted by molar-refractivity contribution is -0.140. The van der Waals surface area contributed by atoms with Crippen LogP contribution in [0, 0.1) is 0 Å². The van der Waals surface area contributed by atoms with Crippen LogP contribution in [0.25, 0.3) is 0 Å². The third-order valence-electron chi connectivity index (χ3n) is 5.83. The van der Waals surface area contributed by atoms with E-state index in [-0.39, 0.29) is 33.6 Å². The topological polar surface area (TPSA) is 86.8 Å². The third kappa shape index (κ3) is 6.55. The van der Waals surface area contributed by atoms with Gasteiger partial charge in [-0.3, -0.25) is 13.9 Å². The van der Waals surface area contributed by atoms with Crippen LogP contribution in [0.5, 0.6) is 0 Å². The van der Waals surface area contributed by atoms with E-state index in [2.05, 4.69) is 5.32 Å². The van der Waals surface area contributed by atoms with Crippen molar-refractivity contribution in [2.24, 2.45) is 0 Å². The number of amides is 2. The molecule has 3 rings (SSSR count). The number of carbonyl (C=O) groups is 2. The quantitative estimate of drug-likeness (QED) is 0.300. The standard InChI is InChI=1S/C26H25Cl4N3O4S/c1-3-22(26(35)31-2)32(15-18-19(27)11-7-12-20(18)28)24(34)16-33(23-14-8-13-21(29)25(23)30)38(36,37)17-9-5-4-6-10-17/h4-14,22H,3,15-16H2,1-2H3,(H,31,35)/t22-/m0/s1. The number of hydrogen-bond acceptors (Lipinski definition) is 4. The highest BCUT2D eigenvalue weighted by Crippen LogP contribution is 2.36. The van der Waals surface area contributed by atoms with Crippen LogP contribution in [-0.4, -0.2) is 44.8 Å². The van der Waals surface area contributed by atoms with Gasteiger partial charge in [0, 0.05) is 29.2 Å². The Balaban J connectivity index is 2.13. The van der Waals surface area contributed by atoms with Gasteiger partial charge in [-0.25, -0.2) is 8.42 Å². The molecule has 12 heteroatoms. The zero-order valence-electron chi connectivity index (χ0n) is 20.5. The molecule has 0 aliphatic carbocycles. The summed E-state index contributed by atoms with van der Waals surface area (Å²) in [7, 11) is -2.83. The van der Waals surface area contributed by atoms with Gasteiger partial charge in [-0.15, -0.1) is 0 Å². The van der Waals surface area contributed by atoms with Crippen LogP contribution in [0.1, 0.15) is 18.9 Å². The number of likely N-dealkylation sites (N-methyl/N-ethyl adjacent to an activating group) is 1. The first-order valence-corrected chi connectivity index (χ1v) is 14.4. The maximum Gasteiger partial charge on any atom is 0.264 e. The summed E-state index contributed by atoms with van der Waals surface area (Å²) in [6.45, 7) is 0.930. The normalized spacial score (nSPS) is 12.1. The molecule has 38 heavy (non-hydrogen) atoms. The Morgan fingerprint density at radius 2 is 1.45 bits per heavy atom. The molecule has 0 saturated carbocycles. The van der Waals surface area contributed by atoms with Crippen molar-refractivity contribution in [3.63, 3.8) is 0 Å². The fourth-order valence-corrected chi connectivity index (χ4v) is 6.27. The average Bonchev–Trinajstić information content (AvgIpc) is 2.90. The zero-order chi connectivity index (χ0) is 28.0. The molecule has 7 nitrogen and oxygen atoms in total. The lowest BCUT2D eigenvalue weighted by Gasteiger charge is -2.33. The highest BCUT2D eigenvalue weighted by Gasteiger charge is 2.34. The predicted octanol–water partition coefficient (Wildman–Crippen LogP) is 6.05. The molecule has 202 valence electrons. The van der Waals surface area contributed by atoms with Crippen molar-refractivity contribution in [2.75, 3.05) is 17.9 Å². The van der Waals surface area contributed by atoms with Gasteiger partial charge in [0.1, 0.15) is 12.6 Å². The number of nitrogens with zero attached hydrogens (tertiary/aromatic N) is 2. The first kappa shape index (κ1) is 30.1. The minimum Gasteiger partial charge on any atom is -0.357 e. The molecule has 0 unspecified atom stereocenters. The fourth-order valence-electron chi connectivity index (χ4n) is 3.86. The minimum atomic E-state index is -4.28. The highest BCUT2D eigenvalue weighted by molar-refractivity contribution is 7.92. The van der Waals surface area contributed by atoms with Crippen LogP contribution in [0.15, 0.2) is 71.6 Å². The monoisotopic (exact) mass is 615 g/mol. The number of nitrogens with one attached hydrogen (secondary N) is 1. The van der Waals surface area contributed by atoms with E-state index in [0.717, 1.165) is 4.31 Å². The number of sulfonamides is 1. The maximum atomic E-state index is 13.9. The Kier molecular flexibility index (Phi) is 10.3. The molecule has 0 aliphatic heterocycles. The Morgan fingerprint density at radius 1 is 0.868 bits per heavy atom. The van der Waals surface area contributed by atoms with Gasteiger partial charge >= 0.3 is 0 Å². The lowest BCUT2D eigenvalue weighted by atomic mass is 10.1. The minimum absolute atomic E-state index is 0.0140. The van der Waals surface area contributed by atoms with Crippen molar-refractivity contribution in [2.45, 2.75) is 30.8 Å². The largest absolute Gasteiger partial charge is 0.357 e. The number of hydrogen-bond donors (Lipinski definition) is 1. The van der Waals surface area contributed by atoms with E-state index in [1.807, 2.05) is 0 Å². The van der Waals surface area contributed by atoms with Gasteiger partial charge in [-0.2, -0.15) is 0 Å². The van der Waals surface area contributed by atoms with Gasteiger partial charge in [0.2, 0.25) is 11.8 Å². The molecular weight excluding hydrogens is 592 g/mol. The summed E-state index contributed by atoms with van der Waals surface area (Å²) in [6.07, 6.45) is 0.247. The molecular formula is C26H25Cl4N3O4S. The molecule has 0 radical (unpaired) electrons. The Bertz CT molecular complexity index is 1400. The van der Waals surface area contributed by atoms with E-state index >= 15 is 0 Å². The Labute approximate surface area is 242 Å².